The minimum absolute atomic E-state index is 0.0123. The van der Waals surface area contributed by atoms with E-state index < -0.39 is 0 Å². The molecule has 0 aromatic heterocycles. The molecule has 0 aliphatic carbocycles. The van der Waals surface area contributed by atoms with Gasteiger partial charge in [-0.2, -0.15) is 0 Å². The quantitative estimate of drug-likeness (QED) is 0.695. The van der Waals surface area contributed by atoms with Crippen molar-refractivity contribution in [2.45, 2.75) is 19.3 Å². The monoisotopic (exact) mass is 204 g/mol. The van der Waals surface area contributed by atoms with Crippen LogP contribution in [-0.2, 0) is 11.1 Å². The summed E-state index contributed by atoms with van der Waals surface area (Å²) in [5.41, 5.74) is 2.12. The lowest BCUT2D eigenvalue weighted by atomic mass is 9.97. The van der Waals surface area contributed by atoms with Gasteiger partial charge in [0.15, 0.2) is 0 Å². The first-order valence-corrected chi connectivity index (χ1v) is 5.24. The first-order valence-electron chi connectivity index (χ1n) is 5.24. The lowest BCUT2D eigenvalue weighted by Crippen LogP contribution is -2.35. The van der Waals surface area contributed by atoms with Crippen molar-refractivity contribution in [2.24, 2.45) is 0 Å². The van der Waals surface area contributed by atoms with E-state index >= 15 is 0 Å². The van der Waals surface area contributed by atoms with Crippen LogP contribution in [0, 0.1) is 0 Å². The smallest absolute Gasteiger partial charge is 0.241 e. The fraction of sp³-hybridized carbons (Fsp3) is 0.364. The number of anilines is 1. The molecule has 4 heteroatoms. The maximum absolute atomic E-state index is 11.5. The molecule has 1 aromatic rings. The Labute approximate surface area is 91.7 Å². The van der Waals surface area contributed by atoms with E-state index in [0.717, 1.165) is 12.0 Å². The molecular weight excluding hydrogens is 187 g/mol. The molecule has 0 saturated carbocycles. The fourth-order valence-corrected chi connectivity index (χ4v) is 1.21. The van der Waals surface area contributed by atoms with Crippen molar-refractivity contribution in [3.8, 4) is 0 Å². The van der Waals surface area contributed by atoms with Gasteiger partial charge >= 0.3 is 0 Å². The number of likely N-dealkylation sites (N-methyl/N-ethyl adjacent to an activating group) is 1. The highest BCUT2D eigenvalue weighted by Crippen LogP contribution is 2.09. The van der Waals surface area contributed by atoms with E-state index in [1.807, 2.05) is 31.2 Å². The van der Waals surface area contributed by atoms with E-state index in [1.54, 1.807) is 7.05 Å². The molecule has 0 saturated heterocycles. The Morgan fingerprint density at radius 3 is 2.47 bits per heavy atom. The van der Waals surface area contributed by atoms with Crippen LogP contribution in [0.4, 0.5) is 5.69 Å². The summed E-state index contributed by atoms with van der Waals surface area (Å²) < 4.78 is 0. The van der Waals surface area contributed by atoms with Crippen molar-refractivity contribution in [3.05, 3.63) is 29.8 Å². The zero-order chi connectivity index (χ0) is 11.3. The van der Waals surface area contributed by atoms with Crippen molar-refractivity contribution in [3.63, 3.8) is 0 Å². The molecule has 80 valence electrons. The van der Waals surface area contributed by atoms with E-state index in [9.17, 15) is 4.79 Å². The minimum atomic E-state index is -0.171. The SMILES string of the molecule is BCc1ccc(NC(=O)C(C)NC)cc1. The van der Waals surface area contributed by atoms with Gasteiger partial charge in [-0.05, 0) is 26.1 Å². The molecule has 1 aromatic carbocycles. The maximum Gasteiger partial charge on any atom is 0.241 e. The number of carbonyl (C=O) groups excluding carboxylic acids is 1. The van der Waals surface area contributed by atoms with Crippen molar-refractivity contribution in [1.29, 1.82) is 0 Å². The molecule has 15 heavy (non-hydrogen) atoms. The first-order chi connectivity index (χ1) is 7.17. The molecule has 3 nitrogen and oxygen atoms in total. The van der Waals surface area contributed by atoms with Crippen LogP contribution >= 0.6 is 0 Å². The molecular formula is C11H17BN2O. The third-order valence-electron chi connectivity index (χ3n) is 2.46. The summed E-state index contributed by atoms with van der Waals surface area (Å²) in [5, 5.41) is 5.74. The van der Waals surface area contributed by atoms with Gasteiger partial charge in [-0.3, -0.25) is 4.79 Å². The van der Waals surface area contributed by atoms with Crippen LogP contribution in [0.5, 0.6) is 0 Å². The van der Waals surface area contributed by atoms with Crippen molar-refractivity contribution >= 4 is 19.4 Å². The molecule has 0 aliphatic heterocycles. The fourth-order valence-electron chi connectivity index (χ4n) is 1.21. The Balaban J connectivity index is 2.61. The van der Waals surface area contributed by atoms with Crippen LogP contribution in [0.1, 0.15) is 12.5 Å². The first kappa shape index (κ1) is 11.8. The van der Waals surface area contributed by atoms with E-state index in [2.05, 4.69) is 18.5 Å². The van der Waals surface area contributed by atoms with Gasteiger partial charge in [0.05, 0.1) is 6.04 Å². The summed E-state index contributed by atoms with van der Waals surface area (Å²) in [6.07, 6.45) is 1.02. The second kappa shape index (κ2) is 5.56. The van der Waals surface area contributed by atoms with Crippen molar-refractivity contribution in [2.75, 3.05) is 12.4 Å². The van der Waals surface area contributed by atoms with E-state index in [4.69, 9.17) is 0 Å². The summed E-state index contributed by atoms with van der Waals surface area (Å²) in [7, 11) is 3.88. The predicted octanol–water partition coefficient (Wildman–Crippen LogP) is 0.366. The number of hydrogen-bond donors (Lipinski definition) is 2. The Bertz CT molecular complexity index is 324. The zero-order valence-corrected chi connectivity index (χ0v) is 9.50. The topological polar surface area (TPSA) is 41.1 Å². The average Bonchev–Trinajstić information content (AvgIpc) is 2.29. The average molecular weight is 204 g/mol. The summed E-state index contributed by atoms with van der Waals surface area (Å²) in [6, 6.07) is 7.74. The van der Waals surface area contributed by atoms with Crippen LogP contribution in [0.25, 0.3) is 0 Å². The number of amides is 1. The molecule has 0 bridgehead atoms. The molecule has 1 rings (SSSR count). The highest BCUT2D eigenvalue weighted by molar-refractivity contribution is 6.08. The summed E-state index contributed by atoms with van der Waals surface area (Å²) in [6.45, 7) is 1.83. The number of rotatable bonds is 4. The second-order valence-corrected chi connectivity index (χ2v) is 3.55. The molecule has 1 atom stereocenters. The minimum Gasteiger partial charge on any atom is -0.325 e. The molecule has 2 N–H and O–H groups in total. The van der Waals surface area contributed by atoms with E-state index in [0.29, 0.717) is 0 Å². The highest BCUT2D eigenvalue weighted by atomic mass is 16.2. The Kier molecular flexibility index (Phi) is 4.37. The number of nitrogens with one attached hydrogen (secondary N) is 2. The maximum atomic E-state index is 11.5. The van der Waals surface area contributed by atoms with Gasteiger partial charge in [0.2, 0.25) is 5.91 Å². The van der Waals surface area contributed by atoms with Gasteiger partial charge in [0.1, 0.15) is 7.85 Å². The third-order valence-corrected chi connectivity index (χ3v) is 2.46. The molecule has 1 amide bonds. The van der Waals surface area contributed by atoms with Crippen molar-refractivity contribution in [1.82, 2.24) is 5.32 Å². The largest absolute Gasteiger partial charge is 0.325 e. The molecule has 1 unspecified atom stereocenters. The lowest BCUT2D eigenvalue weighted by Gasteiger charge is -2.11. The Morgan fingerprint density at radius 1 is 1.40 bits per heavy atom. The van der Waals surface area contributed by atoms with Crippen LogP contribution in [0.15, 0.2) is 24.3 Å². The van der Waals surface area contributed by atoms with Crippen molar-refractivity contribution < 1.29 is 4.79 Å². The van der Waals surface area contributed by atoms with E-state index in [1.165, 1.54) is 5.56 Å². The van der Waals surface area contributed by atoms with Gasteiger partial charge in [-0.15, -0.1) is 0 Å². The second-order valence-electron chi connectivity index (χ2n) is 3.55. The van der Waals surface area contributed by atoms with Gasteiger partial charge in [0, 0.05) is 5.69 Å². The predicted molar refractivity (Wildman–Crippen MR) is 65.8 cm³/mol. The normalized spacial score (nSPS) is 12.1. The summed E-state index contributed by atoms with van der Waals surface area (Å²) in [5.74, 6) is -0.0123. The van der Waals surface area contributed by atoms with Crippen LogP contribution in [-0.4, -0.2) is 26.8 Å². The number of hydrogen-bond acceptors (Lipinski definition) is 2. The van der Waals surface area contributed by atoms with Gasteiger partial charge in [0.25, 0.3) is 0 Å². The molecule has 0 radical (unpaired) electrons. The molecule has 0 fully saturated rings. The van der Waals surface area contributed by atoms with E-state index in [-0.39, 0.29) is 11.9 Å². The molecule has 0 spiro atoms. The highest BCUT2D eigenvalue weighted by Gasteiger charge is 2.09. The van der Waals surface area contributed by atoms with Gasteiger partial charge in [-0.25, -0.2) is 0 Å². The zero-order valence-electron chi connectivity index (χ0n) is 9.50. The number of carbonyl (C=O) groups is 1. The van der Waals surface area contributed by atoms with Crippen LogP contribution in [0.2, 0.25) is 0 Å². The summed E-state index contributed by atoms with van der Waals surface area (Å²) in [4.78, 5) is 11.5. The third kappa shape index (κ3) is 3.40. The summed E-state index contributed by atoms with van der Waals surface area (Å²) >= 11 is 0. The lowest BCUT2D eigenvalue weighted by molar-refractivity contribution is -0.117. The number of benzene rings is 1. The van der Waals surface area contributed by atoms with Gasteiger partial charge in [-0.1, -0.05) is 24.0 Å². The standard InChI is InChI=1S/C11H17BN2O/c1-8(13-2)11(15)14-10-5-3-9(7-12)4-6-10/h3-6,8,13H,7,12H2,1-2H3,(H,14,15). The Hall–Kier alpha value is -1.29. The van der Waals surface area contributed by atoms with Crippen LogP contribution in [0.3, 0.4) is 0 Å². The van der Waals surface area contributed by atoms with Crippen LogP contribution < -0.4 is 10.6 Å². The Morgan fingerprint density at radius 2 is 2.00 bits per heavy atom. The molecule has 0 heterocycles. The van der Waals surface area contributed by atoms with Gasteiger partial charge < -0.3 is 10.6 Å². The molecule has 0 aliphatic rings.